The van der Waals surface area contributed by atoms with Crippen LogP contribution in [-0.2, 0) is 6.42 Å². The Hall–Kier alpha value is -2.60. The molecular weight excluding hydrogens is 346 g/mol. The summed E-state index contributed by atoms with van der Waals surface area (Å²) in [5, 5.41) is 9.58. The summed E-state index contributed by atoms with van der Waals surface area (Å²) < 4.78 is 5.40. The Kier molecular flexibility index (Phi) is 4.98. The molecule has 28 heavy (non-hydrogen) atoms. The molecule has 1 fully saturated rings. The van der Waals surface area contributed by atoms with E-state index in [1.807, 2.05) is 36.4 Å². The highest BCUT2D eigenvalue weighted by Gasteiger charge is 2.51. The van der Waals surface area contributed by atoms with Crippen LogP contribution in [0.4, 0.5) is 0 Å². The SMILES string of the molecule is COc1ccc2c(c1)CCC1C2CC[C@](C)(C(=O)c2ccccc2)C1CC#N. The van der Waals surface area contributed by atoms with E-state index in [9.17, 15) is 10.1 Å². The predicted octanol–water partition coefficient (Wildman–Crippen LogP) is 5.55. The first-order chi connectivity index (χ1) is 13.6. The van der Waals surface area contributed by atoms with E-state index in [4.69, 9.17) is 4.74 Å². The number of nitrogens with zero attached hydrogens (tertiary/aromatic N) is 1. The van der Waals surface area contributed by atoms with Crippen LogP contribution in [0.15, 0.2) is 48.5 Å². The molecule has 3 heteroatoms. The maximum absolute atomic E-state index is 13.5. The lowest BCUT2D eigenvalue weighted by molar-refractivity contribution is 0.0298. The van der Waals surface area contributed by atoms with E-state index in [-0.39, 0.29) is 11.7 Å². The average molecular weight is 373 g/mol. The maximum atomic E-state index is 13.5. The second-order valence-corrected chi connectivity index (χ2v) is 8.49. The van der Waals surface area contributed by atoms with Crippen molar-refractivity contribution in [3.63, 3.8) is 0 Å². The molecule has 3 unspecified atom stereocenters. The summed E-state index contributed by atoms with van der Waals surface area (Å²) in [5.74, 6) is 2.02. The second kappa shape index (κ2) is 7.43. The first-order valence-electron chi connectivity index (χ1n) is 10.2. The van der Waals surface area contributed by atoms with E-state index in [0.29, 0.717) is 18.3 Å². The smallest absolute Gasteiger partial charge is 0.169 e. The topological polar surface area (TPSA) is 50.1 Å². The van der Waals surface area contributed by atoms with Crippen LogP contribution in [0.1, 0.15) is 60.0 Å². The number of hydrogen-bond acceptors (Lipinski definition) is 3. The number of carbonyl (C=O) groups is 1. The Bertz CT molecular complexity index is 914. The molecule has 0 radical (unpaired) electrons. The molecule has 0 N–H and O–H groups in total. The summed E-state index contributed by atoms with van der Waals surface area (Å²) in [6.07, 6.45) is 4.31. The van der Waals surface area contributed by atoms with Crippen LogP contribution in [0.25, 0.3) is 0 Å². The molecule has 2 aliphatic carbocycles. The molecule has 144 valence electrons. The first-order valence-corrected chi connectivity index (χ1v) is 10.2. The Balaban J connectivity index is 1.69. The van der Waals surface area contributed by atoms with E-state index in [1.54, 1.807) is 7.11 Å². The van der Waals surface area contributed by atoms with Gasteiger partial charge in [0.2, 0.25) is 0 Å². The van der Waals surface area contributed by atoms with Gasteiger partial charge >= 0.3 is 0 Å². The first kappa shape index (κ1) is 18.7. The van der Waals surface area contributed by atoms with Gasteiger partial charge in [-0.3, -0.25) is 4.79 Å². The van der Waals surface area contributed by atoms with Crippen LogP contribution in [0, 0.1) is 28.6 Å². The van der Waals surface area contributed by atoms with Crippen molar-refractivity contribution in [3.05, 3.63) is 65.2 Å². The van der Waals surface area contributed by atoms with Crippen LogP contribution in [-0.4, -0.2) is 12.9 Å². The molecule has 0 bridgehead atoms. The molecule has 2 aromatic carbocycles. The Labute approximate surface area is 167 Å². The second-order valence-electron chi connectivity index (χ2n) is 8.49. The number of nitriles is 1. The summed E-state index contributed by atoms with van der Waals surface area (Å²) in [5.41, 5.74) is 3.07. The van der Waals surface area contributed by atoms with Crippen LogP contribution in [0.5, 0.6) is 5.75 Å². The highest BCUT2D eigenvalue weighted by atomic mass is 16.5. The summed E-state index contributed by atoms with van der Waals surface area (Å²) in [7, 11) is 1.71. The molecule has 1 saturated carbocycles. The van der Waals surface area contributed by atoms with E-state index in [2.05, 4.69) is 25.1 Å². The van der Waals surface area contributed by atoms with Crippen molar-refractivity contribution in [1.82, 2.24) is 0 Å². The van der Waals surface area contributed by atoms with Crippen molar-refractivity contribution in [3.8, 4) is 11.8 Å². The molecule has 4 rings (SSSR count). The largest absolute Gasteiger partial charge is 0.497 e. The number of rotatable bonds is 4. The van der Waals surface area contributed by atoms with Crippen molar-refractivity contribution in [1.29, 1.82) is 5.26 Å². The highest BCUT2D eigenvalue weighted by Crippen LogP contribution is 2.56. The lowest BCUT2D eigenvalue weighted by Gasteiger charge is -2.50. The van der Waals surface area contributed by atoms with Crippen LogP contribution in [0.2, 0.25) is 0 Å². The lowest BCUT2D eigenvalue weighted by atomic mass is 9.52. The van der Waals surface area contributed by atoms with Crippen molar-refractivity contribution >= 4 is 5.78 Å². The zero-order valence-electron chi connectivity index (χ0n) is 16.7. The molecule has 0 aliphatic heterocycles. The number of benzene rings is 2. The van der Waals surface area contributed by atoms with Crippen LogP contribution >= 0.6 is 0 Å². The van der Waals surface area contributed by atoms with Crippen LogP contribution in [0.3, 0.4) is 0 Å². The van der Waals surface area contributed by atoms with Gasteiger partial charge in [-0.1, -0.05) is 43.3 Å². The van der Waals surface area contributed by atoms with E-state index in [1.165, 1.54) is 11.1 Å². The van der Waals surface area contributed by atoms with Gasteiger partial charge in [-0.25, -0.2) is 0 Å². The summed E-state index contributed by atoms with van der Waals surface area (Å²) in [4.78, 5) is 13.5. The fraction of sp³-hybridized carbons (Fsp3) is 0.440. The van der Waals surface area contributed by atoms with Gasteiger partial charge in [-0.2, -0.15) is 5.26 Å². The predicted molar refractivity (Wildman–Crippen MR) is 109 cm³/mol. The van der Waals surface area contributed by atoms with Gasteiger partial charge < -0.3 is 4.74 Å². The quantitative estimate of drug-likeness (QED) is 0.660. The zero-order valence-corrected chi connectivity index (χ0v) is 16.7. The van der Waals surface area contributed by atoms with E-state index in [0.717, 1.165) is 37.0 Å². The van der Waals surface area contributed by atoms with Gasteiger partial charge in [0.25, 0.3) is 0 Å². The zero-order chi connectivity index (χ0) is 19.7. The number of aryl methyl sites for hydroxylation is 1. The van der Waals surface area contributed by atoms with Gasteiger partial charge in [0.1, 0.15) is 5.75 Å². The van der Waals surface area contributed by atoms with Gasteiger partial charge in [-0.15, -0.1) is 0 Å². The van der Waals surface area contributed by atoms with Gasteiger partial charge in [-0.05, 0) is 66.7 Å². The standard InChI is InChI=1S/C25H27NO2/c1-25(24(27)17-6-4-3-5-7-17)14-12-21-20-11-9-19(28-2)16-18(20)8-10-22(21)23(25)13-15-26/h3-7,9,11,16,21-23H,8,10,12-14H2,1-2H3/t21?,22?,23?,25-/m0/s1. The summed E-state index contributed by atoms with van der Waals surface area (Å²) in [6, 6.07) is 18.4. The number of carbonyl (C=O) groups excluding carboxylic acids is 1. The molecule has 3 nitrogen and oxygen atoms in total. The normalized spacial score (nSPS) is 28.5. The molecule has 2 aromatic rings. The minimum atomic E-state index is -0.470. The van der Waals surface area contributed by atoms with Crippen LogP contribution < -0.4 is 4.74 Å². The van der Waals surface area contributed by atoms with Crippen molar-refractivity contribution < 1.29 is 9.53 Å². The number of methoxy groups -OCH3 is 1. The minimum Gasteiger partial charge on any atom is -0.497 e. The van der Waals surface area contributed by atoms with E-state index < -0.39 is 5.41 Å². The molecule has 0 amide bonds. The van der Waals surface area contributed by atoms with Gasteiger partial charge in [0.05, 0.1) is 13.2 Å². The highest BCUT2D eigenvalue weighted by molar-refractivity contribution is 6.00. The third-order valence-electron chi connectivity index (χ3n) is 7.19. The van der Waals surface area contributed by atoms with Crippen molar-refractivity contribution in [2.75, 3.05) is 7.11 Å². The summed E-state index contributed by atoms with van der Waals surface area (Å²) >= 11 is 0. The number of ketones is 1. The molecule has 0 heterocycles. The lowest BCUT2D eigenvalue weighted by Crippen LogP contribution is -2.47. The maximum Gasteiger partial charge on any atom is 0.169 e. The van der Waals surface area contributed by atoms with Gasteiger partial charge in [0, 0.05) is 17.4 Å². The minimum absolute atomic E-state index is 0.0965. The molecule has 0 saturated heterocycles. The number of Topliss-reactive ketones (excluding diaryl/α,β-unsaturated/α-hetero) is 1. The monoisotopic (exact) mass is 373 g/mol. The molecule has 0 spiro atoms. The Morgan fingerprint density at radius 2 is 2.00 bits per heavy atom. The summed E-state index contributed by atoms with van der Waals surface area (Å²) in [6.45, 7) is 2.10. The van der Waals surface area contributed by atoms with Crippen molar-refractivity contribution in [2.24, 2.45) is 17.3 Å². The molecule has 2 aliphatic rings. The number of ether oxygens (including phenoxy) is 1. The number of fused-ring (bicyclic) bond motifs is 3. The average Bonchev–Trinajstić information content (AvgIpc) is 2.75. The molecular formula is C25H27NO2. The molecule has 4 atom stereocenters. The Morgan fingerprint density at radius 1 is 1.21 bits per heavy atom. The third kappa shape index (κ3) is 3.02. The fourth-order valence-corrected chi connectivity index (χ4v) is 5.68. The molecule has 0 aromatic heterocycles. The fourth-order valence-electron chi connectivity index (χ4n) is 5.68. The third-order valence-corrected chi connectivity index (χ3v) is 7.19. The Morgan fingerprint density at radius 3 is 2.71 bits per heavy atom. The van der Waals surface area contributed by atoms with Gasteiger partial charge in [0.15, 0.2) is 5.78 Å². The van der Waals surface area contributed by atoms with E-state index >= 15 is 0 Å². The van der Waals surface area contributed by atoms with Crippen molar-refractivity contribution in [2.45, 2.75) is 44.9 Å². The number of hydrogen-bond donors (Lipinski definition) is 0.